The smallest absolute Gasteiger partial charge is 0.119 e. The number of benzene rings is 1. The minimum Gasteiger partial charge on any atom is -0.492 e. The molecule has 1 aliphatic carbocycles. The summed E-state index contributed by atoms with van der Waals surface area (Å²) in [5.41, 5.74) is 0. The summed E-state index contributed by atoms with van der Waals surface area (Å²) in [7, 11) is 0. The zero-order valence-corrected chi connectivity index (χ0v) is 13.5. The Bertz CT molecular complexity index is 367. The summed E-state index contributed by atoms with van der Waals surface area (Å²) in [6, 6.07) is 8.77. The van der Waals surface area contributed by atoms with Crippen molar-refractivity contribution in [3.05, 3.63) is 28.7 Å². The molecule has 1 fully saturated rings. The van der Waals surface area contributed by atoms with Gasteiger partial charge in [-0.25, -0.2) is 0 Å². The Morgan fingerprint density at radius 3 is 2.53 bits per heavy atom. The quantitative estimate of drug-likeness (QED) is 0.650. The SMILES string of the molecule is ClCCCN(CCOc1ccc(Br)cc1)C1CCC1. The van der Waals surface area contributed by atoms with Crippen LogP contribution in [-0.4, -0.2) is 36.5 Å². The van der Waals surface area contributed by atoms with Gasteiger partial charge in [0.2, 0.25) is 0 Å². The normalized spacial score (nSPS) is 15.5. The first kappa shape index (κ1) is 15.1. The van der Waals surface area contributed by atoms with Gasteiger partial charge in [0.25, 0.3) is 0 Å². The van der Waals surface area contributed by atoms with E-state index in [1.165, 1.54) is 19.3 Å². The molecule has 0 heterocycles. The van der Waals surface area contributed by atoms with Gasteiger partial charge in [0.05, 0.1) is 0 Å². The maximum atomic E-state index is 5.79. The lowest BCUT2D eigenvalue weighted by molar-refractivity contribution is 0.107. The van der Waals surface area contributed by atoms with E-state index in [-0.39, 0.29) is 0 Å². The van der Waals surface area contributed by atoms with Crippen LogP contribution in [0.1, 0.15) is 25.7 Å². The molecule has 1 aromatic carbocycles. The Kier molecular flexibility index (Phi) is 6.48. The number of hydrogen-bond acceptors (Lipinski definition) is 2. The van der Waals surface area contributed by atoms with Crippen molar-refractivity contribution in [2.45, 2.75) is 31.7 Å². The maximum absolute atomic E-state index is 5.79. The molecule has 0 amide bonds. The molecule has 0 N–H and O–H groups in total. The second-order valence-corrected chi connectivity index (χ2v) is 6.26. The molecule has 0 atom stereocenters. The van der Waals surface area contributed by atoms with Gasteiger partial charge >= 0.3 is 0 Å². The van der Waals surface area contributed by atoms with Crippen molar-refractivity contribution in [1.29, 1.82) is 0 Å². The minimum absolute atomic E-state index is 0.747. The Balaban J connectivity index is 1.73. The first-order chi connectivity index (χ1) is 9.29. The fourth-order valence-electron chi connectivity index (χ4n) is 2.30. The van der Waals surface area contributed by atoms with Crippen molar-refractivity contribution in [2.75, 3.05) is 25.6 Å². The van der Waals surface area contributed by atoms with Gasteiger partial charge in [-0.05, 0) is 50.1 Å². The van der Waals surface area contributed by atoms with Crippen LogP contribution in [0.25, 0.3) is 0 Å². The highest BCUT2D eigenvalue weighted by Crippen LogP contribution is 2.25. The number of hydrogen-bond donors (Lipinski definition) is 0. The van der Waals surface area contributed by atoms with E-state index in [9.17, 15) is 0 Å². The van der Waals surface area contributed by atoms with Crippen LogP contribution in [0.4, 0.5) is 0 Å². The number of halogens is 2. The average Bonchev–Trinajstić information content (AvgIpc) is 2.36. The summed E-state index contributed by atoms with van der Waals surface area (Å²) in [6.07, 6.45) is 5.10. The molecule has 0 aromatic heterocycles. The van der Waals surface area contributed by atoms with Crippen molar-refractivity contribution in [3.8, 4) is 5.75 Å². The zero-order valence-electron chi connectivity index (χ0n) is 11.2. The van der Waals surface area contributed by atoms with Crippen LogP contribution >= 0.6 is 27.5 Å². The van der Waals surface area contributed by atoms with E-state index in [0.717, 1.165) is 48.3 Å². The lowest BCUT2D eigenvalue weighted by atomic mass is 9.91. The van der Waals surface area contributed by atoms with E-state index in [1.807, 2.05) is 24.3 Å². The molecule has 1 aromatic rings. The van der Waals surface area contributed by atoms with Crippen molar-refractivity contribution in [2.24, 2.45) is 0 Å². The monoisotopic (exact) mass is 345 g/mol. The number of ether oxygens (including phenoxy) is 1. The topological polar surface area (TPSA) is 12.5 Å². The van der Waals surface area contributed by atoms with Crippen LogP contribution in [0.2, 0.25) is 0 Å². The van der Waals surface area contributed by atoms with E-state index < -0.39 is 0 Å². The van der Waals surface area contributed by atoms with Crippen LogP contribution in [-0.2, 0) is 0 Å². The molecule has 2 nitrogen and oxygen atoms in total. The lowest BCUT2D eigenvalue weighted by Gasteiger charge is -2.37. The molecule has 2 rings (SSSR count). The third kappa shape index (κ3) is 4.97. The maximum Gasteiger partial charge on any atom is 0.119 e. The second kappa shape index (κ2) is 8.13. The van der Waals surface area contributed by atoms with Gasteiger partial charge in [0.15, 0.2) is 0 Å². The molecule has 0 aliphatic heterocycles. The summed E-state index contributed by atoms with van der Waals surface area (Å²) in [6.45, 7) is 2.84. The summed E-state index contributed by atoms with van der Waals surface area (Å²) in [5.74, 6) is 1.69. The van der Waals surface area contributed by atoms with Crippen LogP contribution in [0.15, 0.2) is 28.7 Å². The molecular formula is C15H21BrClNO. The fraction of sp³-hybridized carbons (Fsp3) is 0.600. The highest BCUT2D eigenvalue weighted by molar-refractivity contribution is 9.10. The summed E-state index contributed by atoms with van der Waals surface area (Å²) in [5, 5.41) is 0. The van der Waals surface area contributed by atoms with Gasteiger partial charge in [0, 0.05) is 22.9 Å². The van der Waals surface area contributed by atoms with Gasteiger partial charge in [-0.15, -0.1) is 11.6 Å². The average molecular weight is 347 g/mol. The lowest BCUT2D eigenvalue weighted by Crippen LogP contribution is -2.43. The Labute approximate surface area is 129 Å². The second-order valence-electron chi connectivity index (χ2n) is 4.97. The zero-order chi connectivity index (χ0) is 13.5. The molecule has 0 saturated heterocycles. The van der Waals surface area contributed by atoms with E-state index >= 15 is 0 Å². The van der Waals surface area contributed by atoms with Crippen LogP contribution in [0, 0.1) is 0 Å². The van der Waals surface area contributed by atoms with E-state index in [4.69, 9.17) is 16.3 Å². The molecule has 19 heavy (non-hydrogen) atoms. The van der Waals surface area contributed by atoms with Crippen molar-refractivity contribution in [3.63, 3.8) is 0 Å². The predicted octanol–water partition coefficient (Wildman–Crippen LogP) is 4.31. The highest BCUT2D eigenvalue weighted by atomic mass is 79.9. The van der Waals surface area contributed by atoms with Crippen molar-refractivity contribution >= 4 is 27.5 Å². The molecule has 0 radical (unpaired) electrons. The number of alkyl halides is 1. The Hall–Kier alpha value is -0.250. The van der Waals surface area contributed by atoms with Crippen LogP contribution in [0.5, 0.6) is 5.75 Å². The summed E-state index contributed by atoms with van der Waals surface area (Å²) in [4.78, 5) is 2.53. The summed E-state index contributed by atoms with van der Waals surface area (Å²) >= 11 is 9.22. The highest BCUT2D eigenvalue weighted by Gasteiger charge is 2.24. The van der Waals surface area contributed by atoms with Gasteiger partial charge < -0.3 is 4.74 Å². The van der Waals surface area contributed by atoms with E-state index in [0.29, 0.717) is 0 Å². The third-order valence-corrected chi connectivity index (χ3v) is 4.43. The minimum atomic E-state index is 0.747. The molecule has 106 valence electrons. The molecular weight excluding hydrogens is 326 g/mol. The van der Waals surface area contributed by atoms with Crippen LogP contribution in [0.3, 0.4) is 0 Å². The van der Waals surface area contributed by atoms with Gasteiger partial charge in [-0.2, -0.15) is 0 Å². The van der Waals surface area contributed by atoms with E-state index in [1.54, 1.807) is 0 Å². The molecule has 1 saturated carbocycles. The molecule has 4 heteroatoms. The van der Waals surface area contributed by atoms with Crippen LogP contribution < -0.4 is 4.74 Å². The van der Waals surface area contributed by atoms with E-state index in [2.05, 4.69) is 20.8 Å². The number of nitrogens with zero attached hydrogens (tertiary/aromatic N) is 1. The van der Waals surface area contributed by atoms with Gasteiger partial charge in [-0.3, -0.25) is 4.90 Å². The van der Waals surface area contributed by atoms with Crippen molar-refractivity contribution < 1.29 is 4.74 Å². The van der Waals surface area contributed by atoms with Gasteiger partial charge in [0.1, 0.15) is 12.4 Å². The fourth-order valence-corrected chi connectivity index (χ4v) is 2.69. The first-order valence-electron chi connectivity index (χ1n) is 6.98. The van der Waals surface area contributed by atoms with Gasteiger partial charge in [-0.1, -0.05) is 22.4 Å². The molecule has 0 unspecified atom stereocenters. The third-order valence-electron chi connectivity index (χ3n) is 3.63. The van der Waals surface area contributed by atoms with Crippen molar-refractivity contribution in [1.82, 2.24) is 4.90 Å². The molecule has 0 spiro atoms. The largest absolute Gasteiger partial charge is 0.492 e. The molecule has 0 bridgehead atoms. The first-order valence-corrected chi connectivity index (χ1v) is 8.31. The predicted molar refractivity (Wildman–Crippen MR) is 84.2 cm³/mol. The standard InChI is InChI=1S/C15H21BrClNO/c16-13-5-7-15(8-6-13)19-12-11-18(10-2-9-17)14-3-1-4-14/h5-8,14H,1-4,9-12H2. The Morgan fingerprint density at radius 1 is 1.21 bits per heavy atom. The molecule has 1 aliphatic rings. The Morgan fingerprint density at radius 2 is 1.95 bits per heavy atom. The number of rotatable bonds is 8. The summed E-state index contributed by atoms with van der Waals surface area (Å²) < 4.78 is 6.88.